The predicted octanol–water partition coefficient (Wildman–Crippen LogP) is 5.43. The monoisotopic (exact) mass is 510 g/mol. The third-order valence-corrected chi connectivity index (χ3v) is 7.90. The van der Waals surface area contributed by atoms with Crippen molar-refractivity contribution in [2.75, 3.05) is 6.61 Å². The number of carboxylic acid groups (broad SMARTS) is 1. The fraction of sp³-hybridized carbons (Fsp3) is 0.440. The molecule has 0 amide bonds. The molecule has 0 aromatic heterocycles. The van der Waals surface area contributed by atoms with Gasteiger partial charge in [0, 0.05) is 29.2 Å². The summed E-state index contributed by atoms with van der Waals surface area (Å²) in [6, 6.07) is 7.78. The van der Waals surface area contributed by atoms with Crippen LogP contribution < -0.4 is 5.32 Å². The summed E-state index contributed by atoms with van der Waals surface area (Å²) in [4.78, 5) is 12.4. The molecule has 3 rings (SSSR count). The molecule has 1 aliphatic rings. The third-order valence-electron chi connectivity index (χ3n) is 7.37. The van der Waals surface area contributed by atoms with E-state index in [4.69, 9.17) is 23.2 Å². The molecule has 4 atom stereocenters. The van der Waals surface area contributed by atoms with Gasteiger partial charge in [0.25, 0.3) is 0 Å². The summed E-state index contributed by atoms with van der Waals surface area (Å²) in [6.45, 7) is 3.56. The maximum atomic E-state index is 15.4. The van der Waals surface area contributed by atoms with Gasteiger partial charge in [-0.2, -0.15) is 5.26 Å². The van der Waals surface area contributed by atoms with Crippen molar-refractivity contribution in [3.8, 4) is 6.07 Å². The summed E-state index contributed by atoms with van der Waals surface area (Å²) in [5, 5.41) is 33.8. The van der Waals surface area contributed by atoms with Crippen LogP contribution in [-0.4, -0.2) is 34.9 Å². The molecule has 3 N–H and O–H groups in total. The second-order valence-electron chi connectivity index (χ2n) is 8.83. The Kier molecular flexibility index (Phi) is 7.89. The van der Waals surface area contributed by atoms with Crippen molar-refractivity contribution in [2.45, 2.75) is 56.5 Å². The summed E-state index contributed by atoms with van der Waals surface area (Å²) in [5.74, 6) is -4.30. The summed E-state index contributed by atoms with van der Waals surface area (Å²) in [6.07, 6.45) is 1.24. The maximum absolute atomic E-state index is 15.4. The van der Waals surface area contributed by atoms with Crippen molar-refractivity contribution in [3.63, 3.8) is 0 Å². The lowest BCUT2D eigenvalue weighted by Gasteiger charge is -2.39. The first-order valence-corrected chi connectivity index (χ1v) is 11.8. The van der Waals surface area contributed by atoms with Crippen molar-refractivity contribution >= 4 is 29.2 Å². The van der Waals surface area contributed by atoms with Crippen LogP contribution in [-0.2, 0) is 10.2 Å². The summed E-state index contributed by atoms with van der Waals surface area (Å²) in [7, 11) is 0. The lowest BCUT2D eigenvalue weighted by molar-refractivity contribution is -0.139. The molecule has 34 heavy (non-hydrogen) atoms. The third kappa shape index (κ3) is 4.29. The second-order valence-corrected chi connectivity index (χ2v) is 9.67. The summed E-state index contributed by atoms with van der Waals surface area (Å²) < 4.78 is 30.7. The summed E-state index contributed by atoms with van der Waals surface area (Å²) >= 11 is 12.0. The molecule has 0 unspecified atom stereocenters. The Labute approximate surface area is 207 Å². The van der Waals surface area contributed by atoms with Gasteiger partial charge in [0.15, 0.2) is 0 Å². The second kappa shape index (κ2) is 10.2. The molecule has 182 valence electrons. The Balaban J connectivity index is 2.37. The highest BCUT2D eigenvalue weighted by molar-refractivity contribution is 6.31. The Morgan fingerprint density at radius 2 is 1.91 bits per heavy atom. The molecule has 1 heterocycles. The first kappa shape index (κ1) is 26.4. The molecule has 0 radical (unpaired) electrons. The largest absolute Gasteiger partial charge is 0.480 e. The molecule has 2 aromatic carbocycles. The molecule has 0 bridgehead atoms. The number of hydrogen-bond acceptors (Lipinski definition) is 4. The van der Waals surface area contributed by atoms with Gasteiger partial charge >= 0.3 is 5.97 Å². The van der Waals surface area contributed by atoms with Gasteiger partial charge in [0.1, 0.15) is 23.1 Å². The van der Waals surface area contributed by atoms with Gasteiger partial charge in [-0.1, -0.05) is 55.2 Å². The van der Waals surface area contributed by atoms with Crippen LogP contribution in [0.5, 0.6) is 0 Å². The molecule has 0 spiro atoms. The molecule has 1 aliphatic heterocycles. The topological polar surface area (TPSA) is 93.3 Å². The van der Waals surface area contributed by atoms with E-state index in [-0.39, 0.29) is 34.2 Å². The number of halogens is 4. The SMILES string of the molecule is CCC(CC)(CO)C[C@@H]1N[C@@H](C(=O)O)[C@H](c2cccc(Cl)c2F)[C@@]1(C#N)c1ccc(Cl)cc1F. The van der Waals surface area contributed by atoms with E-state index in [0.717, 1.165) is 6.07 Å². The van der Waals surface area contributed by atoms with Crippen molar-refractivity contribution < 1.29 is 23.8 Å². The molecule has 2 aromatic rings. The van der Waals surface area contributed by atoms with E-state index in [9.17, 15) is 20.3 Å². The van der Waals surface area contributed by atoms with E-state index in [2.05, 4.69) is 11.4 Å². The maximum Gasteiger partial charge on any atom is 0.321 e. The highest BCUT2D eigenvalue weighted by Crippen LogP contribution is 2.53. The van der Waals surface area contributed by atoms with Crippen LogP contribution in [0.2, 0.25) is 10.0 Å². The smallest absolute Gasteiger partial charge is 0.321 e. The number of carboxylic acids is 1. The average molecular weight is 511 g/mol. The molecule has 5 nitrogen and oxygen atoms in total. The van der Waals surface area contributed by atoms with Gasteiger partial charge in [-0.3, -0.25) is 10.1 Å². The summed E-state index contributed by atoms with van der Waals surface area (Å²) in [5.41, 5.74) is -2.70. The number of aliphatic hydroxyl groups is 1. The number of benzene rings is 2. The number of nitrogens with zero attached hydrogens (tertiary/aromatic N) is 1. The van der Waals surface area contributed by atoms with Crippen molar-refractivity contribution in [3.05, 3.63) is 69.2 Å². The number of carbonyl (C=O) groups is 1. The average Bonchev–Trinajstić information content (AvgIpc) is 3.14. The molecule has 1 saturated heterocycles. The zero-order valence-corrected chi connectivity index (χ0v) is 20.3. The van der Waals surface area contributed by atoms with Crippen LogP contribution >= 0.6 is 23.2 Å². The van der Waals surface area contributed by atoms with E-state index in [1.165, 1.54) is 30.3 Å². The number of aliphatic hydroxyl groups excluding tert-OH is 1. The molecule has 1 fully saturated rings. The standard InChI is InChI=1S/C25H26Cl2F2N2O3/c1-3-24(4-2,13-32)11-19-25(12-30,16-9-8-14(26)10-18(16)28)20(22(31-19)23(33)34)15-6-5-7-17(27)21(15)29/h5-10,19-20,22,31-32H,3-4,11,13H2,1-2H3,(H,33,34)/t19-,20-,22+,25-/m0/s1. The van der Waals surface area contributed by atoms with E-state index in [0.29, 0.717) is 12.8 Å². The minimum atomic E-state index is -1.84. The van der Waals surface area contributed by atoms with Gasteiger partial charge in [-0.05, 0) is 48.4 Å². The van der Waals surface area contributed by atoms with E-state index in [1.54, 1.807) is 0 Å². The number of nitriles is 1. The quantitative estimate of drug-likeness (QED) is 0.440. The fourth-order valence-electron chi connectivity index (χ4n) is 5.19. The minimum absolute atomic E-state index is 0.0935. The fourth-order valence-corrected chi connectivity index (χ4v) is 5.53. The molecular weight excluding hydrogens is 485 g/mol. The normalized spacial score (nSPS) is 24.7. The Morgan fingerprint density at radius 1 is 1.24 bits per heavy atom. The minimum Gasteiger partial charge on any atom is -0.480 e. The number of hydrogen-bond donors (Lipinski definition) is 3. The van der Waals surface area contributed by atoms with E-state index < -0.39 is 46.4 Å². The van der Waals surface area contributed by atoms with Gasteiger partial charge in [0.2, 0.25) is 0 Å². The lowest BCUT2D eigenvalue weighted by atomic mass is 9.61. The Bertz CT molecular complexity index is 1110. The van der Waals surface area contributed by atoms with Crippen LogP contribution in [0.3, 0.4) is 0 Å². The number of aliphatic carboxylic acids is 1. The molecular formula is C25H26Cl2F2N2O3. The highest BCUT2D eigenvalue weighted by Gasteiger charge is 2.61. The van der Waals surface area contributed by atoms with Crippen LogP contribution in [0.4, 0.5) is 8.78 Å². The number of nitrogens with one attached hydrogen (secondary N) is 1. The molecule has 9 heteroatoms. The van der Waals surface area contributed by atoms with E-state index >= 15 is 8.78 Å². The van der Waals surface area contributed by atoms with Gasteiger partial charge in [-0.15, -0.1) is 0 Å². The zero-order chi connectivity index (χ0) is 25.3. The van der Waals surface area contributed by atoms with Crippen LogP contribution in [0.25, 0.3) is 0 Å². The van der Waals surface area contributed by atoms with E-state index in [1.807, 2.05) is 13.8 Å². The first-order valence-electron chi connectivity index (χ1n) is 11.0. The highest BCUT2D eigenvalue weighted by atomic mass is 35.5. The number of rotatable bonds is 8. The lowest BCUT2D eigenvalue weighted by Crippen LogP contribution is -2.46. The van der Waals surface area contributed by atoms with Crippen LogP contribution in [0, 0.1) is 28.4 Å². The zero-order valence-electron chi connectivity index (χ0n) is 18.8. The predicted molar refractivity (Wildman–Crippen MR) is 126 cm³/mol. The Morgan fingerprint density at radius 3 is 2.44 bits per heavy atom. The van der Waals surface area contributed by atoms with Crippen molar-refractivity contribution in [2.24, 2.45) is 5.41 Å². The van der Waals surface area contributed by atoms with Crippen molar-refractivity contribution in [1.82, 2.24) is 5.32 Å². The Hall–Kier alpha value is -2.24. The first-order chi connectivity index (χ1) is 16.1. The van der Waals surface area contributed by atoms with Gasteiger partial charge in [-0.25, -0.2) is 8.78 Å². The van der Waals surface area contributed by atoms with Gasteiger partial charge < -0.3 is 10.2 Å². The molecule has 0 aliphatic carbocycles. The van der Waals surface area contributed by atoms with Gasteiger partial charge in [0.05, 0.1) is 11.1 Å². The van der Waals surface area contributed by atoms with Crippen molar-refractivity contribution in [1.29, 1.82) is 5.26 Å². The van der Waals surface area contributed by atoms with Crippen LogP contribution in [0.1, 0.15) is 50.2 Å². The van der Waals surface area contributed by atoms with Crippen LogP contribution in [0.15, 0.2) is 36.4 Å². The molecule has 0 saturated carbocycles.